The Hall–Kier alpha value is -3.42. The van der Waals surface area contributed by atoms with Crippen LogP contribution in [0.2, 0.25) is 10.0 Å². The van der Waals surface area contributed by atoms with Crippen LogP contribution in [-0.4, -0.2) is 38.8 Å². The van der Waals surface area contributed by atoms with Crippen LogP contribution in [0.4, 0.5) is 0 Å². The van der Waals surface area contributed by atoms with Crippen molar-refractivity contribution in [2.24, 2.45) is 0 Å². The quantitative estimate of drug-likeness (QED) is 0.337. The fourth-order valence-corrected chi connectivity index (χ4v) is 4.27. The van der Waals surface area contributed by atoms with Crippen LogP contribution in [0.1, 0.15) is 22.7 Å². The first-order valence-electron chi connectivity index (χ1n) is 9.53. The van der Waals surface area contributed by atoms with Gasteiger partial charge in [-0.15, -0.1) is 0 Å². The van der Waals surface area contributed by atoms with Crippen LogP contribution >= 0.6 is 23.2 Å². The van der Waals surface area contributed by atoms with Gasteiger partial charge in [-0.3, -0.25) is 19.6 Å². The summed E-state index contributed by atoms with van der Waals surface area (Å²) in [5.41, 5.74) is 1.35. The monoisotopic (exact) mass is 469 g/mol. The van der Waals surface area contributed by atoms with Crippen LogP contribution in [0.5, 0.6) is 5.75 Å². The van der Waals surface area contributed by atoms with E-state index in [1.54, 1.807) is 49.1 Å². The van der Waals surface area contributed by atoms with Gasteiger partial charge in [0.05, 0.1) is 29.3 Å². The minimum absolute atomic E-state index is 0.103. The van der Waals surface area contributed by atoms with E-state index >= 15 is 0 Å². The van der Waals surface area contributed by atoms with E-state index in [0.29, 0.717) is 5.56 Å². The summed E-state index contributed by atoms with van der Waals surface area (Å²) >= 11 is 12.4. The smallest absolute Gasteiger partial charge is 0.295 e. The van der Waals surface area contributed by atoms with Gasteiger partial charge >= 0.3 is 0 Å². The number of carbonyl (C=O) groups is 2. The number of likely N-dealkylation sites (tertiary alicyclic amines) is 1. The lowest BCUT2D eigenvalue weighted by atomic mass is 9.96. The molecule has 1 aliphatic heterocycles. The molecule has 1 aliphatic rings. The first-order chi connectivity index (χ1) is 15.4. The molecule has 1 N–H and O–H groups in total. The van der Waals surface area contributed by atoms with Gasteiger partial charge in [-0.2, -0.15) is 0 Å². The Kier molecular flexibility index (Phi) is 6.12. The summed E-state index contributed by atoms with van der Waals surface area (Å²) in [7, 11) is 1.38. The first-order valence-corrected chi connectivity index (χ1v) is 10.3. The van der Waals surface area contributed by atoms with Crippen LogP contribution in [0.3, 0.4) is 0 Å². The highest BCUT2D eigenvalue weighted by molar-refractivity contribution is 6.46. The summed E-state index contributed by atoms with van der Waals surface area (Å²) in [6.45, 7) is 0.136. The zero-order valence-electron chi connectivity index (χ0n) is 16.8. The summed E-state index contributed by atoms with van der Waals surface area (Å²) in [5.74, 6) is -1.87. The van der Waals surface area contributed by atoms with Crippen LogP contribution in [0.25, 0.3) is 5.76 Å². The number of pyridine rings is 2. The number of hydrogen-bond donors (Lipinski definition) is 1. The molecule has 4 rings (SSSR count). The van der Waals surface area contributed by atoms with Crippen molar-refractivity contribution in [2.75, 3.05) is 7.11 Å². The van der Waals surface area contributed by atoms with Gasteiger partial charge in [0.15, 0.2) is 0 Å². The third kappa shape index (κ3) is 3.92. The summed E-state index contributed by atoms with van der Waals surface area (Å²) in [6, 6.07) is 8.94. The molecule has 9 heteroatoms. The summed E-state index contributed by atoms with van der Waals surface area (Å²) < 4.78 is 5.32. The van der Waals surface area contributed by atoms with Gasteiger partial charge in [0.25, 0.3) is 11.7 Å². The molecule has 162 valence electrons. The minimum atomic E-state index is -0.876. The number of nitrogens with zero attached hydrogens (tertiary/aromatic N) is 3. The molecule has 7 nitrogen and oxygen atoms in total. The second kappa shape index (κ2) is 8.98. The molecule has 1 atom stereocenters. The standard InChI is InChI=1S/C23H17Cl2N3O4/c1-32-22-16(9-15(24)10-17(22)25)20(29)18-19(14-3-2-6-27-11-14)28(23(31)21(18)30)12-13-4-7-26-8-5-13/h2-11,19,29H,12H2,1H3/b20-18+. The number of carbonyl (C=O) groups excluding carboxylic acids is 2. The Labute approximate surface area is 193 Å². The zero-order valence-corrected chi connectivity index (χ0v) is 18.3. The van der Waals surface area contributed by atoms with Gasteiger partial charge in [0.2, 0.25) is 0 Å². The normalized spacial score (nSPS) is 17.6. The fraction of sp³-hybridized carbons (Fsp3) is 0.130. The third-order valence-electron chi connectivity index (χ3n) is 5.11. The van der Waals surface area contributed by atoms with E-state index in [4.69, 9.17) is 27.9 Å². The molecule has 2 aromatic heterocycles. The minimum Gasteiger partial charge on any atom is -0.507 e. The molecule has 3 heterocycles. The Bertz CT molecular complexity index is 1220. The topological polar surface area (TPSA) is 92.6 Å². The van der Waals surface area contributed by atoms with Gasteiger partial charge in [0.1, 0.15) is 11.5 Å². The van der Waals surface area contributed by atoms with Crippen LogP contribution in [0, 0.1) is 0 Å². The predicted molar refractivity (Wildman–Crippen MR) is 119 cm³/mol. The van der Waals surface area contributed by atoms with E-state index in [-0.39, 0.29) is 33.5 Å². The Morgan fingerprint density at radius 1 is 1.12 bits per heavy atom. The van der Waals surface area contributed by atoms with Crippen molar-refractivity contribution in [1.82, 2.24) is 14.9 Å². The molecular weight excluding hydrogens is 453 g/mol. The van der Waals surface area contributed by atoms with Gasteiger partial charge in [-0.1, -0.05) is 29.3 Å². The highest BCUT2D eigenvalue weighted by Gasteiger charge is 2.46. The highest BCUT2D eigenvalue weighted by atomic mass is 35.5. The number of amides is 1. The van der Waals surface area contributed by atoms with Gasteiger partial charge in [-0.25, -0.2) is 0 Å². The zero-order chi connectivity index (χ0) is 22.8. The van der Waals surface area contributed by atoms with E-state index < -0.39 is 23.5 Å². The number of aliphatic hydroxyl groups is 1. The number of Topliss-reactive ketones (excluding diaryl/α,β-unsaturated/α-hetero) is 1. The van der Waals surface area contributed by atoms with Crippen molar-refractivity contribution in [2.45, 2.75) is 12.6 Å². The van der Waals surface area contributed by atoms with Crippen molar-refractivity contribution >= 4 is 40.7 Å². The second-order valence-corrected chi connectivity index (χ2v) is 7.88. The number of rotatable bonds is 5. The lowest BCUT2D eigenvalue weighted by Gasteiger charge is -2.25. The van der Waals surface area contributed by atoms with E-state index in [1.807, 2.05) is 0 Å². The van der Waals surface area contributed by atoms with Gasteiger partial charge < -0.3 is 14.7 Å². The molecule has 1 unspecified atom stereocenters. The molecule has 0 bridgehead atoms. The lowest BCUT2D eigenvalue weighted by Crippen LogP contribution is -2.29. The van der Waals surface area contributed by atoms with E-state index in [1.165, 1.54) is 24.1 Å². The van der Waals surface area contributed by atoms with Crippen LogP contribution in [-0.2, 0) is 16.1 Å². The average molecular weight is 470 g/mol. The summed E-state index contributed by atoms with van der Waals surface area (Å²) in [5, 5.41) is 11.6. The van der Waals surface area contributed by atoms with E-state index in [9.17, 15) is 14.7 Å². The maximum Gasteiger partial charge on any atom is 0.295 e. The number of ether oxygens (including phenoxy) is 1. The Morgan fingerprint density at radius 3 is 2.53 bits per heavy atom. The maximum absolute atomic E-state index is 13.1. The average Bonchev–Trinajstić information content (AvgIpc) is 3.04. The molecular formula is C23H17Cl2N3O4. The first kappa shape index (κ1) is 21.8. The number of aromatic nitrogens is 2. The SMILES string of the molecule is COc1c(Cl)cc(Cl)cc1/C(O)=C1\C(=O)C(=O)N(Cc2ccncc2)C1c1cccnc1. The van der Waals surface area contributed by atoms with Crippen molar-refractivity contribution in [3.8, 4) is 5.75 Å². The number of halogens is 2. The van der Waals surface area contributed by atoms with Crippen LogP contribution in [0.15, 0.2) is 66.8 Å². The molecule has 0 aliphatic carbocycles. The van der Waals surface area contributed by atoms with Gasteiger partial charge in [0, 0.05) is 36.4 Å². The summed E-state index contributed by atoms with van der Waals surface area (Å²) in [4.78, 5) is 35.7. The molecule has 0 saturated carbocycles. The predicted octanol–water partition coefficient (Wildman–Crippen LogP) is 4.41. The van der Waals surface area contributed by atoms with Gasteiger partial charge in [-0.05, 0) is 41.5 Å². The van der Waals surface area contributed by atoms with E-state index in [2.05, 4.69) is 9.97 Å². The highest BCUT2D eigenvalue weighted by Crippen LogP contribution is 2.43. The van der Waals surface area contributed by atoms with Crippen molar-refractivity contribution in [3.05, 3.63) is 93.5 Å². The molecule has 1 saturated heterocycles. The number of aliphatic hydroxyl groups excluding tert-OH is 1. The second-order valence-electron chi connectivity index (χ2n) is 7.04. The van der Waals surface area contributed by atoms with Crippen molar-refractivity contribution in [1.29, 1.82) is 0 Å². The van der Waals surface area contributed by atoms with E-state index in [0.717, 1.165) is 5.56 Å². The van der Waals surface area contributed by atoms with Crippen LogP contribution < -0.4 is 4.74 Å². The number of ketones is 1. The fourth-order valence-electron chi connectivity index (χ4n) is 3.70. The third-order valence-corrected chi connectivity index (χ3v) is 5.61. The summed E-state index contributed by atoms with van der Waals surface area (Å²) in [6.07, 6.45) is 6.33. The number of hydrogen-bond acceptors (Lipinski definition) is 6. The molecule has 1 amide bonds. The number of methoxy groups -OCH3 is 1. The molecule has 1 aromatic carbocycles. The molecule has 0 spiro atoms. The number of benzene rings is 1. The largest absolute Gasteiger partial charge is 0.507 e. The molecule has 32 heavy (non-hydrogen) atoms. The molecule has 3 aromatic rings. The maximum atomic E-state index is 13.1. The van der Waals surface area contributed by atoms with Crippen molar-refractivity contribution in [3.63, 3.8) is 0 Å². The Balaban J connectivity index is 1.92. The molecule has 1 fully saturated rings. The Morgan fingerprint density at radius 2 is 1.88 bits per heavy atom. The van der Waals surface area contributed by atoms with Crippen molar-refractivity contribution < 1.29 is 19.4 Å². The lowest BCUT2D eigenvalue weighted by molar-refractivity contribution is -0.140. The molecule has 0 radical (unpaired) electrons.